The Labute approximate surface area is 120 Å². The summed E-state index contributed by atoms with van der Waals surface area (Å²) in [4.78, 5) is 3.63. The number of thioether (sulfide) groups is 1. The summed E-state index contributed by atoms with van der Waals surface area (Å²) >= 11 is 1.81. The SMILES string of the molecule is CC=C=CN(CC)c1c(SC)ccc2c1C=CCC2. The van der Waals surface area contributed by atoms with Crippen LogP contribution in [0, 0.1) is 0 Å². The predicted octanol–water partition coefficient (Wildman–Crippen LogP) is 4.88. The Morgan fingerprint density at radius 3 is 2.95 bits per heavy atom. The van der Waals surface area contributed by atoms with E-state index in [-0.39, 0.29) is 0 Å². The minimum absolute atomic E-state index is 0.957. The van der Waals surface area contributed by atoms with Crippen LogP contribution < -0.4 is 4.90 Å². The average Bonchev–Trinajstić information content (AvgIpc) is 2.47. The highest BCUT2D eigenvalue weighted by molar-refractivity contribution is 7.98. The molecule has 2 rings (SSSR count). The van der Waals surface area contributed by atoms with Crippen LogP contribution in [0.25, 0.3) is 6.08 Å². The molecule has 0 N–H and O–H groups in total. The second-order valence-corrected chi connectivity index (χ2v) is 5.35. The van der Waals surface area contributed by atoms with Crippen LogP contribution in [-0.4, -0.2) is 12.8 Å². The fourth-order valence-electron chi connectivity index (χ4n) is 2.41. The lowest BCUT2D eigenvalue weighted by Gasteiger charge is -2.26. The van der Waals surface area contributed by atoms with Crippen LogP contribution in [-0.2, 0) is 6.42 Å². The molecule has 0 saturated carbocycles. The first-order chi connectivity index (χ1) is 9.31. The van der Waals surface area contributed by atoms with Crippen LogP contribution in [0.2, 0.25) is 0 Å². The van der Waals surface area contributed by atoms with E-state index >= 15 is 0 Å². The molecule has 0 bridgehead atoms. The summed E-state index contributed by atoms with van der Waals surface area (Å²) in [5.41, 5.74) is 7.37. The van der Waals surface area contributed by atoms with Crippen LogP contribution in [0.15, 0.2) is 41.1 Å². The number of allylic oxidation sites excluding steroid dienone is 2. The molecule has 0 saturated heterocycles. The molecule has 1 aliphatic carbocycles. The molecule has 0 unspecified atom stereocenters. The van der Waals surface area contributed by atoms with Crippen LogP contribution in [0.3, 0.4) is 0 Å². The van der Waals surface area contributed by atoms with Gasteiger partial charge in [0.1, 0.15) is 0 Å². The van der Waals surface area contributed by atoms with E-state index in [9.17, 15) is 0 Å². The minimum Gasteiger partial charge on any atom is -0.340 e. The van der Waals surface area contributed by atoms with Crippen molar-refractivity contribution >= 4 is 23.5 Å². The fraction of sp³-hybridized carbons (Fsp3) is 0.353. The molecule has 0 aliphatic heterocycles. The number of fused-ring (bicyclic) bond motifs is 1. The van der Waals surface area contributed by atoms with Crippen molar-refractivity contribution in [3.05, 3.63) is 47.3 Å². The maximum Gasteiger partial charge on any atom is 0.0625 e. The van der Waals surface area contributed by atoms with Crippen molar-refractivity contribution in [2.24, 2.45) is 0 Å². The summed E-state index contributed by atoms with van der Waals surface area (Å²) in [6.45, 7) is 5.14. The minimum atomic E-state index is 0.957. The second-order valence-electron chi connectivity index (χ2n) is 4.50. The van der Waals surface area contributed by atoms with Gasteiger partial charge in [0.15, 0.2) is 0 Å². The summed E-state index contributed by atoms with van der Waals surface area (Å²) < 4.78 is 0. The number of nitrogens with zero attached hydrogens (tertiary/aromatic N) is 1. The van der Waals surface area contributed by atoms with E-state index in [0.29, 0.717) is 0 Å². The van der Waals surface area contributed by atoms with Gasteiger partial charge in [-0.05, 0) is 50.7 Å². The third kappa shape index (κ3) is 2.97. The van der Waals surface area contributed by atoms with Gasteiger partial charge >= 0.3 is 0 Å². The van der Waals surface area contributed by atoms with E-state index in [1.165, 1.54) is 21.7 Å². The zero-order valence-electron chi connectivity index (χ0n) is 11.9. The van der Waals surface area contributed by atoms with E-state index < -0.39 is 0 Å². The normalized spacial score (nSPS) is 12.6. The molecule has 1 nitrogen and oxygen atoms in total. The topological polar surface area (TPSA) is 3.24 Å². The molecule has 1 aromatic carbocycles. The largest absolute Gasteiger partial charge is 0.340 e. The predicted molar refractivity (Wildman–Crippen MR) is 86.9 cm³/mol. The second kappa shape index (κ2) is 6.70. The van der Waals surface area contributed by atoms with Gasteiger partial charge in [0.25, 0.3) is 0 Å². The molecule has 0 heterocycles. The van der Waals surface area contributed by atoms with Crippen molar-refractivity contribution in [3.8, 4) is 0 Å². The molecule has 1 aromatic rings. The Hall–Kier alpha value is -1.37. The Morgan fingerprint density at radius 1 is 1.42 bits per heavy atom. The number of anilines is 1. The van der Waals surface area contributed by atoms with Gasteiger partial charge < -0.3 is 4.90 Å². The van der Waals surface area contributed by atoms with Gasteiger partial charge in [0.05, 0.1) is 5.69 Å². The van der Waals surface area contributed by atoms with Crippen molar-refractivity contribution in [1.82, 2.24) is 0 Å². The van der Waals surface area contributed by atoms with Crippen LogP contribution in [0.5, 0.6) is 0 Å². The van der Waals surface area contributed by atoms with Crippen molar-refractivity contribution in [2.75, 3.05) is 17.7 Å². The highest BCUT2D eigenvalue weighted by Crippen LogP contribution is 2.37. The third-order valence-electron chi connectivity index (χ3n) is 3.38. The maximum atomic E-state index is 3.20. The zero-order chi connectivity index (χ0) is 13.7. The number of hydrogen-bond donors (Lipinski definition) is 0. The maximum absolute atomic E-state index is 3.20. The van der Waals surface area contributed by atoms with Gasteiger partial charge in [0.2, 0.25) is 0 Å². The molecule has 2 heteroatoms. The number of benzene rings is 1. The summed E-state index contributed by atoms with van der Waals surface area (Å²) in [5, 5.41) is 0. The molecule has 19 heavy (non-hydrogen) atoms. The van der Waals surface area contributed by atoms with Crippen molar-refractivity contribution < 1.29 is 0 Å². The van der Waals surface area contributed by atoms with Crippen LogP contribution >= 0.6 is 11.8 Å². The smallest absolute Gasteiger partial charge is 0.0625 e. The Kier molecular flexibility index (Phi) is 4.95. The molecule has 0 radical (unpaired) electrons. The van der Waals surface area contributed by atoms with Gasteiger partial charge in [-0.15, -0.1) is 17.5 Å². The summed E-state index contributed by atoms with van der Waals surface area (Å²) in [7, 11) is 0. The van der Waals surface area contributed by atoms with E-state index in [1.54, 1.807) is 0 Å². The van der Waals surface area contributed by atoms with Gasteiger partial charge in [-0.2, -0.15) is 0 Å². The van der Waals surface area contributed by atoms with Crippen LogP contribution in [0.4, 0.5) is 5.69 Å². The molecular weight excluding hydrogens is 250 g/mol. The summed E-state index contributed by atoms with van der Waals surface area (Å²) in [5.74, 6) is 0. The van der Waals surface area contributed by atoms with Crippen molar-refractivity contribution in [1.29, 1.82) is 0 Å². The fourth-order valence-corrected chi connectivity index (χ4v) is 3.04. The number of aryl methyl sites for hydroxylation is 1. The molecule has 100 valence electrons. The van der Waals surface area contributed by atoms with E-state index in [4.69, 9.17) is 0 Å². The first-order valence-corrected chi connectivity index (χ1v) is 8.04. The summed E-state index contributed by atoms with van der Waals surface area (Å²) in [6, 6.07) is 4.53. The Bertz CT molecular complexity index is 536. The Balaban J connectivity index is 2.59. The third-order valence-corrected chi connectivity index (χ3v) is 4.15. The molecule has 0 fully saturated rings. The first kappa shape index (κ1) is 14.0. The quantitative estimate of drug-likeness (QED) is 0.567. The van der Waals surface area contributed by atoms with Crippen molar-refractivity contribution in [2.45, 2.75) is 31.6 Å². The van der Waals surface area contributed by atoms with Gasteiger partial charge in [-0.25, -0.2) is 0 Å². The molecular formula is C17H21NS. The standard InChI is InChI=1S/C17H21NS/c1-4-6-13-18(5-2)17-15-10-8-7-9-14(15)11-12-16(17)19-3/h4,8,10-13H,5,7,9H2,1-3H3. The zero-order valence-corrected chi connectivity index (χ0v) is 12.8. The highest BCUT2D eigenvalue weighted by Gasteiger charge is 2.16. The number of rotatable bonds is 4. The lowest BCUT2D eigenvalue weighted by atomic mass is 9.95. The van der Waals surface area contributed by atoms with E-state index in [0.717, 1.165) is 19.4 Å². The molecule has 0 aromatic heterocycles. The summed E-state index contributed by atoms with van der Waals surface area (Å²) in [6.07, 6.45) is 13.0. The average molecular weight is 271 g/mol. The molecule has 0 atom stereocenters. The van der Waals surface area contributed by atoms with Gasteiger partial charge in [0, 0.05) is 23.2 Å². The highest BCUT2D eigenvalue weighted by atomic mass is 32.2. The molecule has 0 spiro atoms. The lowest BCUT2D eigenvalue weighted by molar-refractivity contribution is 0.953. The van der Waals surface area contributed by atoms with Crippen molar-refractivity contribution in [3.63, 3.8) is 0 Å². The van der Waals surface area contributed by atoms with Gasteiger partial charge in [-0.3, -0.25) is 0 Å². The van der Waals surface area contributed by atoms with Crippen LogP contribution in [0.1, 0.15) is 31.4 Å². The Morgan fingerprint density at radius 2 is 2.26 bits per heavy atom. The monoisotopic (exact) mass is 271 g/mol. The first-order valence-electron chi connectivity index (χ1n) is 6.82. The van der Waals surface area contributed by atoms with Gasteiger partial charge in [-0.1, -0.05) is 18.2 Å². The molecule has 1 aliphatic rings. The van der Waals surface area contributed by atoms with E-state index in [1.807, 2.05) is 24.8 Å². The molecule has 0 amide bonds. The van der Waals surface area contributed by atoms with E-state index in [2.05, 4.69) is 54.3 Å². The number of hydrogen-bond acceptors (Lipinski definition) is 2. The lowest BCUT2D eigenvalue weighted by Crippen LogP contribution is -2.17.